The average Bonchev–Trinajstić information content (AvgIpc) is 2.97. The van der Waals surface area contributed by atoms with E-state index in [2.05, 4.69) is 29.2 Å². The maximum absolute atomic E-state index is 11.4. The van der Waals surface area contributed by atoms with Gasteiger partial charge in [-0.1, -0.05) is 0 Å². The second kappa shape index (κ2) is 5.77. The number of nitrogens with one attached hydrogen (secondary N) is 1. The van der Waals surface area contributed by atoms with Crippen molar-refractivity contribution in [2.24, 2.45) is 0 Å². The van der Waals surface area contributed by atoms with Crippen LogP contribution in [0, 0.1) is 0 Å². The Morgan fingerprint density at radius 2 is 2.26 bits per heavy atom. The van der Waals surface area contributed by atoms with Gasteiger partial charge < -0.3 is 20.2 Å². The maximum Gasteiger partial charge on any atom is 0.323 e. The van der Waals surface area contributed by atoms with Gasteiger partial charge >= 0.3 is 5.97 Å². The van der Waals surface area contributed by atoms with Gasteiger partial charge in [-0.2, -0.15) is 0 Å². The minimum atomic E-state index is -0.708. The summed E-state index contributed by atoms with van der Waals surface area (Å²) in [6, 6.07) is 1.02. The van der Waals surface area contributed by atoms with Crippen LogP contribution in [-0.2, 0) is 4.79 Å². The van der Waals surface area contributed by atoms with E-state index in [0.29, 0.717) is 18.5 Å². The fourth-order valence-electron chi connectivity index (χ4n) is 3.62. The number of rotatable bonds is 5. The molecule has 2 fully saturated rings. The van der Waals surface area contributed by atoms with E-state index in [1.165, 1.54) is 19.4 Å². The molecule has 5 nitrogen and oxygen atoms in total. The molecule has 5 heteroatoms. The number of carbonyl (C=O) groups is 1. The van der Waals surface area contributed by atoms with Gasteiger partial charge in [-0.15, -0.1) is 0 Å². The quantitative estimate of drug-likeness (QED) is 0.766. The van der Waals surface area contributed by atoms with E-state index < -0.39 is 11.5 Å². The summed E-state index contributed by atoms with van der Waals surface area (Å²) in [5.41, 5.74) is -0.708. The molecule has 2 aliphatic rings. The highest BCUT2D eigenvalue weighted by atomic mass is 16.4. The first-order valence-electron chi connectivity index (χ1n) is 7.31. The first-order chi connectivity index (χ1) is 8.98. The molecule has 2 N–H and O–H groups in total. The minimum Gasteiger partial charge on any atom is -0.480 e. The summed E-state index contributed by atoms with van der Waals surface area (Å²) in [6.45, 7) is 2.25. The number of hydrogen-bond acceptors (Lipinski definition) is 4. The van der Waals surface area contributed by atoms with Gasteiger partial charge in [0.2, 0.25) is 0 Å². The van der Waals surface area contributed by atoms with Crippen LogP contribution in [0.3, 0.4) is 0 Å². The highest BCUT2D eigenvalue weighted by Crippen LogP contribution is 2.33. The number of likely N-dealkylation sites (tertiary alicyclic amines) is 1. The lowest BCUT2D eigenvalue weighted by Gasteiger charge is -2.31. The standard InChI is InChI=1S/C14H27N3O2/c1-15-14(13(18)19)7-6-11(9-14)17(3)10-12-5-4-8-16(12)2/h11-12,15H,4-10H2,1-3H3,(H,18,19). The van der Waals surface area contributed by atoms with Crippen LogP contribution in [0.15, 0.2) is 0 Å². The normalized spacial score (nSPS) is 36.2. The molecule has 0 bridgehead atoms. The lowest BCUT2D eigenvalue weighted by Crippen LogP contribution is -2.50. The molecule has 110 valence electrons. The molecule has 19 heavy (non-hydrogen) atoms. The van der Waals surface area contributed by atoms with Gasteiger partial charge in [0.05, 0.1) is 0 Å². The SMILES string of the molecule is CNC1(C(=O)O)CCC(N(C)CC2CCCN2C)C1. The first kappa shape index (κ1) is 14.8. The zero-order chi connectivity index (χ0) is 14.0. The molecule has 3 unspecified atom stereocenters. The third-order valence-electron chi connectivity index (χ3n) is 5.17. The summed E-state index contributed by atoms with van der Waals surface area (Å²) >= 11 is 0. The number of nitrogens with zero attached hydrogens (tertiary/aromatic N) is 2. The summed E-state index contributed by atoms with van der Waals surface area (Å²) in [5, 5.41) is 12.4. The highest BCUT2D eigenvalue weighted by molar-refractivity contribution is 5.79. The van der Waals surface area contributed by atoms with Gasteiger partial charge in [-0.3, -0.25) is 4.79 Å². The van der Waals surface area contributed by atoms with Crippen molar-refractivity contribution < 1.29 is 9.90 Å². The Labute approximate surface area is 115 Å². The Kier molecular flexibility index (Phi) is 4.48. The molecule has 1 aliphatic heterocycles. The number of likely N-dealkylation sites (N-methyl/N-ethyl adjacent to an activating group) is 3. The van der Waals surface area contributed by atoms with Crippen molar-refractivity contribution in [3.05, 3.63) is 0 Å². The van der Waals surface area contributed by atoms with Gasteiger partial charge in [-0.05, 0) is 59.8 Å². The van der Waals surface area contributed by atoms with Crippen LogP contribution in [0.25, 0.3) is 0 Å². The van der Waals surface area contributed by atoms with Gasteiger partial charge in [0.15, 0.2) is 0 Å². The molecule has 0 aromatic heterocycles. The van der Waals surface area contributed by atoms with E-state index in [0.717, 1.165) is 19.4 Å². The second-order valence-electron chi connectivity index (χ2n) is 6.25. The topological polar surface area (TPSA) is 55.8 Å². The summed E-state index contributed by atoms with van der Waals surface area (Å²) in [4.78, 5) is 16.2. The Bertz CT molecular complexity index is 337. The van der Waals surface area contributed by atoms with Crippen LogP contribution in [-0.4, -0.2) is 72.7 Å². The number of hydrogen-bond donors (Lipinski definition) is 2. The van der Waals surface area contributed by atoms with Crippen molar-refractivity contribution in [3.63, 3.8) is 0 Å². The van der Waals surface area contributed by atoms with Crippen LogP contribution in [0.2, 0.25) is 0 Å². The fourth-order valence-corrected chi connectivity index (χ4v) is 3.62. The van der Waals surface area contributed by atoms with Crippen molar-refractivity contribution >= 4 is 5.97 Å². The minimum absolute atomic E-state index is 0.387. The highest BCUT2D eigenvalue weighted by Gasteiger charge is 2.45. The van der Waals surface area contributed by atoms with Gasteiger partial charge in [-0.25, -0.2) is 0 Å². The van der Waals surface area contributed by atoms with Crippen molar-refractivity contribution in [3.8, 4) is 0 Å². The smallest absolute Gasteiger partial charge is 0.323 e. The number of carboxylic acid groups (broad SMARTS) is 1. The largest absolute Gasteiger partial charge is 0.480 e. The molecule has 0 aromatic carbocycles. The molecule has 1 saturated carbocycles. The van der Waals surface area contributed by atoms with E-state index in [9.17, 15) is 9.90 Å². The maximum atomic E-state index is 11.4. The average molecular weight is 269 g/mol. The van der Waals surface area contributed by atoms with Crippen molar-refractivity contribution in [1.82, 2.24) is 15.1 Å². The lowest BCUT2D eigenvalue weighted by atomic mass is 9.98. The Morgan fingerprint density at radius 1 is 1.53 bits per heavy atom. The Balaban J connectivity index is 1.91. The Hall–Kier alpha value is -0.650. The summed E-state index contributed by atoms with van der Waals surface area (Å²) < 4.78 is 0. The molecule has 0 amide bonds. The monoisotopic (exact) mass is 269 g/mol. The van der Waals surface area contributed by atoms with Gasteiger partial charge in [0, 0.05) is 18.6 Å². The summed E-state index contributed by atoms with van der Waals surface area (Å²) in [6.07, 6.45) is 4.97. The van der Waals surface area contributed by atoms with E-state index in [4.69, 9.17) is 0 Å². The Morgan fingerprint density at radius 3 is 2.74 bits per heavy atom. The molecule has 1 aliphatic carbocycles. The third-order valence-corrected chi connectivity index (χ3v) is 5.17. The van der Waals surface area contributed by atoms with Crippen LogP contribution < -0.4 is 5.32 Å². The lowest BCUT2D eigenvalue weighted by molar-refractivity contribution is -0.144. The predicted molar refractivity (Wildman–Crippen MR) is 75.3 cm³/mol. The zero-order valence-corrected chi connectivity index (χ0v) is 12.4. The predicted octanol–water partition coefficient (Wildman–Crippen LogP) is 0.608. The molecule has 1 heterocycles. The van der Waals surface area contributed by atoms with Crippen LogP contribution in [0.1, 0.15) is 32.1 Å². The van der Waals surface area contributed by atoms with Gasteiger partial charge in [0.25, 0.3) is 0 Å². The van der Waals surface area contributed by atoms with Crippen LogP contribution in [0.5, 0.6) is 0 Å². The van der Waals surface area contributed by atoms with E-state index in [1.54, 1.807) is 7.05 Å². The molecule has 1 saturated heterocycles. The van der Waals surface area contributed by atoms with Crippen molar-refractivity contribution in [1.29, 1.82) is 0 Å². The van der Waals surface area contributed by atoms with Crippen LogP contribution in [0.4, 0.5) is 0 Å². The molecule has 0 spiro atoms. The molecule has 3 atom stereocenters. The molecule has 0 aromatic rings. The second-order valence-corrected chi connectivity index (χ2v) is 6.25. The fraction of sp³-hybridized carbons (Fsp3) is 0.929. The molecule has 2 rings (SSSR count). The summed E-state index contributed by atoms with van der Waals surface area (Å²) in [7, 11) is 6.10. The van der Waals surface area contributed by atoms with E-state index >= 15 is 0 Å². The van der Waals surface area contributed by atoms with Crippen molar-refractivity contribution in [2.45, 2.75) is 49.7 Å². The molecular weight excluding hydrogens is 242 g/mol. The molecular formula is C14H27N3O2. The first-order valence-corrected chi connectivity index (χ1v) is 7.31. The van der Waals surface area contributed by atoms with E-state index in [1.807, 2.05) is 0 Å². The number of carboxylic acids is 1. The molecule has 0 radical (unpaired) electrons. The van der Waals surface area contributed by atoms with Crippen LogP contribution >= 0.6 is 0 Å². The van der Waals surface area contributed by atoms with Gasteiger partial charge in [0.1, 0.15) is 5.54 Å². The summed E-state index contributed by atoms with van der Waals surface area (Å²) in [5.74, 6) is -0.705. The zero-order valence-electron chi connectivity index (χ0n) is 12.4. The third kappa shape index (κ3) is 2.93. The van der Waals surface area contributed by atoms with E-state index in [-0.39, 0.29) is 0 Å². The van der Waals surface area contributed by atoms with Crippen molar-refractivity contribution in [2.75, 3.05) is 34.2 Å². The number of aliphatic carboxylic acids is 1.